The van der Waals surface area contributed by atoms with Gasteiger partial charge in [0.05, 0.1) is 25.9 Å². The summed E-state index contributed by atoms with van der Waals surface area (Å²) in [5.74, 6) is 0.256. The molecule has 21 heavy (non-hydrogen) atoms. The SMILES string of the molecule is COc1cc(CCCN2CCOCC2)cc(C(F)(F)F)c1. The van der Waals surface area contributed by atoms with E-state index in [1.54, 1.807) is 6.07 Å². The molecule has 0 saturated carbocycles. The maximum absolute atomic E-state index is 12.8. The fourth-order valence-electron chi connectivity index (χ4n) is 2.42. The molecule has 118 valence electrons. The van der Waals surface area contributed by atoms with E-state index >= 15 is 0 Å². The Morgan fingerprint density at radius 1 is 1.19 bits per heavy atom. The highest BCUT2D eigenvalue weighted by atomic mass is 19.4. The molecule has 1 aliphatic heterocycles. The van der Waals surface area contributed by atoms with E-state index in [-0.39, 0.29) is 5.75 Å². The van der Waals surface area contributed by atoms with E-state index < -0.39 is 11.7 Å². The maximum atomic E-state index is 12.8. The van der Waals surface area contributed by atoms with Gasteiger partial charge in [-0.2, -0.15) is 13.2 Å². The van der Waals surface area contributed by atoms with Crippen molar-refractivity contribution in [2.24, 2.45) is 0 Å². The molecule has 0 spiro atoms. The number of alkyl halides is 3. The van der Waals surface area contributed by atoms with Crippen LogP contribution in [0.2, 0.25) is 0 Å². The minimum Gasteiger partial charge on any atom is -0.497 e. The van der Waals surface area contributed by atoms with Crippen LogP contribution >= 0.6 is 0 Å². The second-order valence-corrected chi connectivity index (χ2v) is 5.13. The maximum Gasteiger partial charge on any atom is 0.416 e. The van der Waals surface area contributed by atoms with Gasteiger partial charge in [0.1, 0.15) is 5.75 Å². The molecule has 1 saturated heterocycles. The molecule has 1 aromatic rings. The Labute approximate surface area is 122 Å². The number of morpholine rings is 1. The zero-order valence-corrected chi connectivity index (χ0v) is 12.1. The Hall–Kier alpha value is -1.27. The molecule has 6 heteroatoms. The lowest BCUT2D eigenvalue weighted by molar-refractivity contribution is -0.137. The largest absolute Gasteiger partial charge is 0.497 e. The normalized spacial score (nSPS) is 17.0. The molecule has 3 nitrogen and oxygen atoms in total. The van der Waals surface area contributed by atoms with Crippen molar-refractivity contribution in [2.45, 2.75) is 19.0 Å². The second-order valence-electron chi connectivity index (χ2n) is 5.13. The van der Waals surface area contributed by atoms with Crippen molar-refractivity contribution in [3.63, 3.8) is 0 Å². The highest BCUT2D eigenvalue weighted by Gasteiger charge is 2.31. The van der Waals surface area contributed by atoms with Crippen LogP contribution in [0.3, 0.4) is 0 Å². The summed E-state index contributed by atoms with van der Waals surface area (Å²) in [4.78, 5) is 2.27. The van der Waals surface area contributed by atoms with Crippen LogP contribution in [-0.4, -0.2) is 44.9 Å². The lowest BCUT2D eigenvalue weighted by Gasteiger charge is -2.26. The monoisotopic (exact) mass is 303 g/mol. The van der Waals surface area contributed by atoms with Gasteiger partial charge in [-0.15, -0.1) is 0 Å². The molecule has 0 aliphatic carbocycles. The summed E-state index contributed by atoms with van der Waals surface area (Å²) in [5, 5.41) is 0. The average molecular weight is 303 g/mol. The Balaban J connectivity index is 1.95. The third-order valence-electron chi connectivity index (χ3n) is 3.57. The lowest BCUT2D eigenvalue weighted by Crippen LogP contribution is -2.36. The molecule has 0 unspecified atom stereocenters. The Morgan fingerprint density at radius 2 is 1.90 bits per heavy atom. The van der Waals surface area contributed by atoms with Gasteiger partial charge in [0, 0.05) is 13.1 Å². The highest BCUT2D eigenvalue weighted by molar-refractivity contribution is 5.36. The first-order valence-corrected chi connectivity index (χ1v) is 7.04. The zero-order chi connectivity index (χ0) is 15.3. The third kappa shape index (κ3) is 4.89. The predicted octanol–water partition coefficient (Wildman–Crippen LogP) is 2.98. The molecule has 0 atom stereocenters. The summed E-state index contributed by atoms with van der Waals surface area (Å²) in [7, 11) is 1.38. The first-order chi connectivity index (χ1) is 9.99. The van der Waals surface area contributed by atoms with Gasteiger partial charge >= 0.3 is 6.18 Å². The zero-order valence-electron chi connectivity index (χ0n) is 12.1. The van der Waals surface area contributed by atoms with Crippen molar-refractivity contribution in [3.8, 4) is 5.75 Å². The van der Waals surface area contributed by atoms with Gasteiger partial charge in [-0.3, -0.25) is 4.90 Å². The third-order valence-corrected chi connectivity index (χ3v) is 3.57. The predicted molar refractivity (Wildman–Crippen MR) is 73.6 cm³/mol. The van der Waals surface area contributed by atoms with Crippen LogP contribution < -0.4 is 4.74 Å². The van der Waals surface area contributed by atoms with Gasteiger partial charge in [0.25, 0.3) is 0 Å². The molecule has 0 aromatic heterocycles. The van der Waals surface area contributed by atoms with E-state index in [1.807, 2.05) is 0 Å². The Kier molecular flexibility index (Phi) is 5.47. The summed E-state index contributed by atoms with van der Waals surface area (Å²) in [6.07, 6.45) is -2.91. The number of hydrogen-bond acceptors (Lipinski definition) is 3. The summed E-state index contributed by atoms with van der Waals surface area (Å²) in [5.41, 5.74) is 0.0122. The van der Waals surface area contributed by atoms with Crippen LogP contribution in [0.4, 0.5) is 13.2 Å². The van der Waals surface area contributed by atoms with Crippen LogP contribution in [0.15, 0.2) is 18.2 Å². The number of ether oxygens (including phenoxy) is 2. The van der Waals surface area contributed by atoms with Gasteiger partial charge in [0.15, 0.2) is 0 Å². The fourth-order valence-corrected chi connectivity index (χ4v) is 2.42. The van der Waals surface area contributed by atoms with E-state index in [4.69, 9.17) is 9.47 Å². The first-order valence-electron chi connectivity index (χ1n) is 7.04. The number of halogens is 3. The molecule has 0 radical (unpaired) electrons. The number of aryl methyl sites for hydroxylation is 1. The molecule has 1 heterocycles. The van der Waals surface area contributed by atoms with Gasteiger partial charge < -0.3 is 9.47 Å². The minimum absolute atomic E-state index is 0.256. The second kappa shape index (κ2) is 7.13. The molecule has 2 rings (SSSR count). The van der Waals surface area contributed by atoms with Crippen molar-refractivity contribution in [2.75, 3.05) is 40.0 Å². The standard InChI is InChI=1S/C15H20F3NO2/c1-20-14-10-12(9-13(11-14)15(16,17)18)3-2-4-19-5-7-21-8-6-19/h9-11H,2-8H2,1H3. The van der Waals surface area contributed by atoms with E-state index in [9.17, 15) is 13.2 Å². The van der Waals surface area contributed by atoms with Crippen molar-refractivity contribution in [1.82, 2.24) is 4.90 Å². The van der Waals surface area contributed by atoms with E-state index in [1.165, 1.54) is 13.2 Å². The fraction of sp³-hybridized carbons (Fsp3) is 0.600. The topological polar surface area (TPSA) is 21.7 Å². The van der Waals surface area contributed by atoms with E-state index in [0.29, 0.717) is 12.0 Å². The van der Waals surface area contributed by atoms with E-state index in [2.05, 4.69) is 4.90 Å². The molecule has 1 aliphatic rings. The van der Waals surface area contributed by atoms with Crippen LogP contribution in [0.1, 0.15) is 17.5 Å². The molecule has 0 N–H and O–H groups in total. The van der Waals surface area contributed by atoms with Crippen LogP contribution in [0.25, 0.3) is 0 Å². The molecular formula is C15H20F3NO2. The average Bonchev–Trinajstić information content (AvgIpc) is 2.47. The van der Waals surface area contributed by atoms with Crippen LogP contribution in [-0.2, 0) is 17.3 Å². The van der Waals surface area contributed by atoms with Crippen LogP contribution in [0, 0.1) is 0 Å². The summed E-state index contributed by atoms with van der Waals surface area (Å²) < 4.78 is 48.7. The van der Waals surface area contributed by atoms with Gasteiger partial charge in [-0.05, 0) is 43.1 Å². The van der Waals surface area contributed by atoms with Crippen molar-refractivity contribution in [3.05, 3.63) is 29.3 Å². The number of benzene rings is 1. The summed E-state index contributed by atoms with van der Waals surface area (Å²) in [6.45, 7) is 4.13. The number of hydrogen-bond donors (Lipinski definition) is 0. The summed E-state index contributed by atoms with van der Waals surface area (Å²) in [6, 6.07) is 3.92. The number of nitrogens with zero attached hydrogens (tertiary/aromatic N) is 1. The number of rotatable bonds is 5. The smallest absolute Gasteiger partial charge is 0.416 e. The molecule has 1 aromatic carbocycles. The highest BCUT2D eigenvalue weighted by Crippen LogP contribution is 2.32. The van der Waals surface area contributed by atoms with Gasteiger partial charge in [0.2, 0.25) is 0 Å². The minimum atomic E-state index is -4.34. The van der Waals surface area contributed by atoms with E-state index in [0.717, 1.165) is 45.3 Å². The lowest BCUT2D eigenvalue weighted by atomic mass is 10.0. The van der Waals surface area contributed by atoms with Crippen molar-refractivity contribution >= 4 is 0 Å². The van der Waals surface area contributed by atoms with Gasteiger partial charge in [-0.25, -0.2) is 0 Å². The van der Waals surface area contributed by atoms with Gasteiger partial charge in [-0.1, -0.05) is 0 Å². The molecule has 0 amide bonds. The molecule has 1 fully saturated rings. The van der Waals surface area contributed by atoms with Crippen LogP contribution in [0.5, 0.6) is 5.75 Å². The Morgan fingerprint density at radius 3 is 2.52 bits per heavy atom. The number of methoxy groups -OCH3 is 1. The van der Waals surface area contributed by atoms with Crippen molar-refractivity contribution < 1.29 is 22.6 Å². The Bertz CT molecular complexity index is 457. The quantitative estimate of drug-likeness (QED) is 0.835. The molecular weight excluding hydrogens is 283 g/mol. The molecule has 0 bridgehead atoms. The van der Waals surface area contributed by atoms with Crippen molar-refractivity contribution in [1.29, 1.82) is 0 Å². The first kappa shape index (κ1) is 16.1. The summed E-state index contributed by atoms with van der Waals surface area (Å²) >= 11 is 0.